The zero-order valence-electron chi connectivity index (χ0n) is 12.3. The summed E-state index contributed by atoms with van der Waals surface area (Å²) < 4.78 is 0. The molecule has 1 amide bonds. The first kappa shape index (κ1) is 16.6. The van der Waals surface area contributed by atoms with Gasteiger partial charge in [0.15, 0.2) is 0 Å². The number of benzene rings is 1. The van der Waals surface area contributed by atoms with Gasteiger partial charge in [-0.25, -0.2) is 0 Å². The van der Waals surface area contributed by atoms with E-state index >= 15 is 0 Å². The number of rotatable bonds is 4. The standard InChI is InChI=1S/C15H21Cl2N3O/c1-10-8-20(9-11(2)18-10)6-5-15(21)19-14-7-12(16)3-4-13(14)17/h3-4,7,10-11,18H,5-6,8-9H2,1-2H3,(H,19,21). The third kappa shape index (κ3) is 5.15. The van der Waals surface area contributed by atoms with E-state index in [1.165, 1.54) is 0 Å². The fourth-order valence-corrected chi connectivity index (χ4v) is 3.03. The quantitative estimate of drug-likeness (QED) is 0.892. The van der Waals surface area contributed by atoms with E-state index in [2.05, 4.69) is 29.4 Å². The monoisotopic (exact) mass is 329 g/mol. The van der Waals surface area contributed by atoms with Gasteiger partial charge in [-0.05, 0) is 32.0 Å². The van der Waals surface area contributed by atoms with Gasteiger partial charge in [0.1, 0.15) is 0 Å². The van der Waals surface area contributed by atoms with Gasteiger partial charge in [0.2, 0.25) is 5.91 Å². The predicted molar refractivity (Wildman–Crippen MR) is 88.2 cm³/mol. The summed E-state index contributed by atoms with van der Waals surface area (Å²) in [6.45, 7) is 7.01. The van der Waals surface area contributed by atoms with Gasteiger partial charge in [0.25, 0.3) is 0 Å². The van der Waals surface area contributed by atoms with Crippen LogP contribution in [0.5, 0.6) is 0 Å². The van der Waals surface area contributed by atoms with Gasteiger partial charge in [0.05, 0.1) is 10.7 Å². The molecule has 6 heteroatoms. The molecule has 1 aromatic carbocycles. The summed E-state index contributed by atoms with van der Waals surface area (Å²) in [6.07, 6.45) is 0.447. The molecule has 0 spiro atoms. The van der Waals surface area contributed by atoms with Crippen LogP contribution in [0.3, 0.4) is 0 Å². The van der Waals surface area contributed by atoms with Crippen LogP contribution in [-0.2, 0) is 4.79 Å². The fourth-order valence-electron chi connectivity index (χ4n) is 2.69. The highest BCUT2D eigenvalue weighted by Crippen LogP contribution is 2.25. The molecular formula is C15H21Cl2N3O. The van der Waals surface area contributed by atoms with Crippen molar-refractivity contribution in [2.45, 2.75) is 32.4 Å². The molecular weight excluding hydrogens is 309 g/mol. The van der Waals surface area contributed by atoms with Crippen molar-refractivity contribution < 1.29 is 4.79 Å². The zero-order valence-corrected chi connectivity index (χ0v) is 13.8. The van der Waals surface area contributed by atoms with Crippen molar-refractivity contribution in [2.24, 2.45) is 0 Å². The molecule has 2 atom stereocenters. The van der Waals surface area contributed by atoms with Crippen molar-refractivity contribution in [2.75, 3.05) is 25.0 Å². The number of carbonyl (C=O) groups is 1. The maximum Gasteiger partial charge on any atom is 0.225 e. The number of halogens is 2. The third-order valence-corrected chi connectivity index (χ3v) is 4.06. The van der Waals surface area contributed by atoms with Crippen molar-refractivity contribution in [3.63, 3.8) is 0 Å². The lowest BCUT2D eigenvalue weighted by Gasteiger charge is -2.36. The number of amides is 1. The molecule has 2 N–H and O–H groups in total. The van der Waals surface area contributed by atoms with Crippen LogP contribution < -0.4 is 10.6 Å². The highest BCUT2D eigenvalue weighted by atomic mass is 35.5. The van der Waals surface area contributed by atoms with Crippen LogP contribution in [0, 0.1) is 0 Å². The molecule has 1 saturated heterocycles. The Morgan fingerprint density at radius 1 is 1.33 bits per heavy atom. The van der Waals surface area contributed by atoms with Crippen LogP contribution in [0.1, 0.15) is 20.3 Å². The summed E-state index contributed by atoms with van der Waals surface area (Å²) >= 11 is 11.9. The van der Waals surface area contributed by atoms with Crippen LogP contribution in [-0.4, -0.2) is 42.5 Å². The Morgan fingerprint density at radius 3 is 2.67 bits per heavy atom. The maximum absolute atomic E-state index is 12.0. The lowest BCUT2D eigenvalue weighted by molar-refractivity contribution is -0.116. The number of piperazine rings is 1. The molecule has 0 bridgehead atoms. The SMILES string of the molecule is CC1CN(CCC(=O)Nc2cc(Cl)ccc2Cl)CC(C)N1. The Kier molecular flexibility index (Phi) is 5.88. The minimum absolute atomic E-state index is 0.0435. The first-order valence-electron chi connectivity index (χ1n) is 7.17. The fraction of sp³-hybridized carbons (Fsp3) is 0.533. The third-order valence-electron chi connectivity index (χ3n) is 3.49. The number of nitrogens with zero attached hydrogens (tertiary/aromatic N) is 1. The molecule has 4 nitrogen and oxygen atoms in total. The van der Waals surface area contributed by atoms with E-state index in [1.807, 2.05) is 0 Å². The first-order chi connectivity index (χ1) is 9.94. The summed E-state index contributed by atoms with van der Waals surface area (Å²) in [4.78, 5) is 14.3. The Morgan fingerprint density at radius 2 is 2.00 bits per heavy atom. The molecule has 0 aliphatic carbocycles. The van der Waals surface area contributed by atoms with Gasteiger partial charge in [-0.15, -0.1) is 0 Å². The Hall–Kier alpha value is -0.810. The number of nitrogens with one attached hydrogen (secondary N) is 2. The number of carbonyl (C=O) groups excluding carboxylic acids is 1. The van der Waals surface area contributed by atoms with Crippen LogP contribution in [0.4, 0.5) is 5.69 Å². The van der Waals surface area contributed by atoms with Gasteiger partial charge in [-0.2, -0.15) is 0 Å². The number of hydrogen-bond donors (Lipinski definition) is 2. The van der Waals surface area contributed by atoms with Crippen molar-refractivity contribution in [3.05, 3.63) is 28.2 Å². The summed E-state index contributed by atoms with van der Waals surface area (Å²) in [6, 6.07) is 5.96. The predicted octanol–water partition coefficient (Wildman–Crippen LogP) is 3.00. The lowest BCUT2D eigenvalue weighted by atomic mass is 10.1. The summed E-state index contributed by atoms with van der Waals surface area (Å²) in [7, 11) is 0. The number of anilines is 1. The lowest BCUT2D eigenvalue weighted by Crippen LogP contribution is -2.54. The summed E-state index contributed by atoms with van der Waals surface area (Å²) in [5.41, 5.74) is 0.566. The summed E-state index contributed by atoms with van der Waals surface area (Å²) in [5.74, 6) is -0.0435. The van der Waals surface area contributed by atoms with Gasteiger partial charge in [-0.3, -0.25) is 9.69 Å². The van der Waals surface area contributed by atoms with Crippen molar-refractivity contribution >= 4 is 34.8 Å². The second-order valence-electron chi connectivity index (χ2n) is 5.65. The average Bonchev–Trinajstić information content (AvgIpc) is 2.40. The molecule has 21 heavy (non-hydrogen) atoms. The molecule has 1 aromatic rings. The van der Waals surface area contributed by atoms with E-state index in [1.54, 1.807) is 18.2 Å². The van der Waals surface area contributed by atoms with E-state index in [0.717, 1.165) is 19.6 Å². The molecule has 1 aliphatic rings. The molecule has 0 radical (unpaired) electrons. The zero-order chi connectivity index (χ0) is 15.4. The smallest absolute Gasteiger partial charge is 0.225 e. The highest BCUT2D eigenvalue weighted by Gasteiger charge is 2.21. The summed E-state index contributed by atoms with van der Waals surface area (Å²) in [5, 5.41) is 7.34. The molecule has 1 heterocycles. The van der Waals surface area contributed by atoms with Crippen molar-refractivity contribution in [1.29, 1.82) is 0 Å². The van der Waals surface area contributed by atoms with Crippen LogP contribution in [0.2, 0.25) is 10.0 Å². The van der Waals surface area contributed by atoms with Crippen LogP contribution >= 0.6 is 23.2 Å². The topological polar surface area (TPSA) is 44.4 Å². The molecule has 1 fully saturated rings. The highest BCUT2D eigenvalue weighted by molar-refractivity contribution is 6.35. The van der Waals surface area contributed by atoms with E-state index in [4.69, 9.17) is 23.2 Å². The minimum atomic E-state index is -0.0435. The Balaban J connectivity index is 1.83. The van der Waals surface area contributed by atoms with Gasteiger partial charge < -0.3 is 10.6 Å². The molecule has 2 rings (SSSR count). The Bertz CT molecular complexity index is 500. The maximum atomic E-state index is 12.0. The van der Waals surface area contributed by atoms with Crippen molar-refractivity contribution in [3.8, 4) is 0 Å². The largest absolute Gasteiger partial charge is 0.325 e. The van der Waals surface area contributed by atoms with E-state index in [0.29, 0.717) is 34.2 Å². The van der Waals surface area contributed by atoms with Gasteiger partial charge in [0, 0.05) is 43.2 Å². The first-order valence-corrected chi connectivity index (χ1v) is 7.93. The molecule has 1 aliphatic heterocycles. The minimum Gasteiger partial charge on any atom is -0.325 e. The second kappa shape index (κ2) is 7.45. The van der Waals surface area contributed by atoms with Gasteiger partial charge >= 0.3 is 0 Å². The van der Waals surface area contributed by atoms with Gasteiger partial charge in [-0.1, -0.05) is 23.2 Å². The molecule has 0 aromatic heterocycles. The average molecular weight is 330 g/mol. The normalized spacial score (nSPS) is 23.0. The van der Waals surface area contributed by atoms with Crippen molar-refractivity contribution in [1.82, 2.24) is 10.2 Å². The Labute approximate surface area is 135 Å². The molecule has 0 saturated carbocycles. The molecule has 116 valence electrons. The van der Waals surface area contributed by atoms with Crippen LogP contribution in [0.25, 0.3) is 0 Å². The van der Waals surface area contributed by atoms with E-state index in [9.17, 15) is 4.79 Å². The van der Waals surface area contributed by atoms with Crippen LogP contribution in [0.15, 0.2) is 18.2 Å². The van der Waals surface area contributed by atoms with E-state index < -0.39 is 0 Å². The van der Waals surface area contributed by atoms with E-state index in [-0.39, 0.29) is 5.91 Å². The second-order valence-corrected chi connectivity index (χ2v) is 6.49. The molecule has 2 unspecified atom stereocenters. The number of hydrogen-bond acceptors (Lipinski definition) is 3.